The van der Waals surface area contributed by atoms with Crippen molar-refractivity contribution in [1.82, 2.24) is 10.2 Å². The molecule has 0 aromatic heterocycles. The van der Waals surface area contributed by atoms with Gasteiger partial charge in [-0.1, -0.05) is 60.7 Å². The first-order chi connectivity index (χ1) is 20.3. The number of aldehydes is 1. The van der Waals surface area contributed by atoms with E-state index >= 15 is 0 Å². The van der Waals surface area contributed by atoms with E-state index < -0.39 is 24.2 Å². The quantitative estimate of drug-likeness (QED) is 0.198. The van der Waals surface area contributed by atoms with Crippen LogP contribution < -0.4 is 14.8 Å². The molecule has 0 radical (unpaired) electrons. The van der Waals surface area contributed by atoms with Crippen molar-refractivity contribution in [2.24, 2.45) is 0 Å². The van der Waals surface area contributed by atoms with E-state index in [0.29, 0.717) is 32.5 Å². The number of halogens is 1. The second-order valence-corrected chi connectivity index (χ2v) is 11.0. The zero-order valence-electron chi connectivity index (χ0n) is 23.1. The molecule has 9 nitrogen and oxygen atoms in total. The van der Waals surface area contributed by atoms with Gasteiger partial charge < -0.3 is 29.9 Å². The Bertz CT molecular complexity index is 1420. The lowest BCUT2D eigenvalue weighted by Crippen LogP contribution is -2.55. The molecule has 220 valence electrons. The SMILES string of the molecule is COc1cc(C=O)cc(I)c1OC1C=C(C(=O)NCCO)CC(N(Cc2ccccc2)C(=O)Cc2ccccc2)C1O. The van der Waals surface area contributed by atoms with Gasteiger partial charge in [0, 0.05) is 30.6 Å². The molecular weight excluding hydrogens is 651 g/mol. The third-order valence-electron chi connectivity index (χ3n) is 6.97. The minimum absolute atomic E-state index is 0.0501. The number of nitrogens with one attached hydrogen (secondary N) is 1. The molecule has 1 aliphatic rings. The number of rotatable bonds is 12. The predicted molar refractivity (Wildman–Crippen MR) is 165 cm³/mol. The first-order valence-corrected chi connectivity index (χ1v) is 14.6. The highest BCUT2D eigenvalue weighted by molar-refractivity contribution is 14.1. The standard InChI is InChI=1S/C32H33IN2O7/c1-41-28-15-23(20-37)14-25(33)31(28)42-27-18-24(32(40)34-12-13-36)17-26(30(27)39)35(19-22-10-6-3-7-11-22)29(38)16-21-8-4-2-5-9-21/h2-11,14-15,18,20,26-27,30,36,39H,12-13,16-17,19H2,1H3,(H,34,40). The third-order valence-corrected chi connectivity index (χ3v) is 7.77. The number of nitrogens with zero attached hydrogens (tertiary/aromatic N) is 1. The van der Waals surface area contributed by atoms with E-state index in [0.717, 1.165) is 11.1 Å². The van der Waals surface area contributed by atoms with Crippen LogP contribution in [0.2, 0.25) is 0 Å². The number of aliphatic hydroxyl groups is 2. The van der Waals surface area contributed by atoms with Crippen molar-refractivity contribution in [2.45, 2.75) is 37.6 Å². The Labute approximate surface area is 258 Å². The highest BCUT2D eigenvalue weighted by Crippen LogP contribution is 2.37. The summed E-state index contributed by atoms with van der Waals surface area (Å²) in [6.45, 7) is 0.0228. The van der Waals surface area contributed by atoms with Crippen LogP contribution in [0, 0.1) is 3.57 Å². The van der Waals surface area contributed by atoms with Gasteiger partial charge in [-0.15, -0.1) is 0 Å². The third kappa shape index (κ3) is 7.75. The van der Waals surface area contributed by atoms with Gasteiger partial charge in [-0.05, 0) is 51.9 Å². The Balaban J connectivity index is 1.73. The van der Waals surface area contributed by atoms with Crippen molar-refractivity contribution in [2.75, 3.05) is 20.3 Å². The minimum atomic E-state index is -1.21. The molecule has 0 saturated carbocycles. The van der Waals surface area contributed by atoms with Crippen LogP contribution in [0.3, 0.4) is 0 Å². The number of ether oxygens (including phenoxy) is 2. The summed E-state index contributed by atoms with van der Waals surface area (Å²) in [5, 5.41) is 23.7. The second kappa shape index (κ2) is 14.9. The molecule has 0 heterocycles. The average Bonchev–Trinajstić information content (AvgIpc) is 3.01. The molecule has 0 aliphatic heterocycles. The summed E-state index contributed by atoms with van der Waals surface area (Å²) in [5.74, 6) is -0.0562. The van der Waals surface area contributed by atoms with Gasteiger partial charge in [0.25, 0.3) is 0 Å². The molecule has 3 atom stereocenters. The van der Waals surface area contributed by atoms with Crippen molar-refractivity contribution >= 4 is 40.7 Å². The Morgan fingerprint density at radius 1 is 1.07 bits per heavy atom. The Morgan fingerprint density at radius 2 is 1.74 bits per heavy atom. The van der Waals surface area contributed by atoms with E-state index in [2.05, 4.69) is 5.32 Å². The molecule has 0 spiro atoms. The fraction of sp³-hybridized carbons (Fsp3) is 0.281. The van der Waals surface area contributed by atoms with Gasteiger partial charge in [0.15, 0.2) is 11.5 Å². The van der Waals surface area contributed by atoms with Crippen molar-refractivity contribution in [3.63, 3.8) is 0 Å². The number of hydrogen-bond acceptors (Lipinski definition) is 7. The number of carbonyl (C=O) groups excluding carboxylic acids is 3. The van der Waals surface area contributed by atoms with Gasteiger partial charge >= 0.3 is 0 Å². The second-order valence-electron chi connectivity index (χ2n) is 9.84. The molecule has 3 aromatic rings. The normalized spacial score (nSPS) is 18.0. The lowest BCUT2D eigenvalue weighted by molar-refractivity contribution is -0.138. The number of amides is 2. The maximum Gasteiger partial charge on any atom is 0.247 e. The molecule has 4 rings (SSSR count). The summed E-state index contributed by atoms with van der Waals surface area (Å²) >= 11 is 2.02. The van der Waals surface area contributed by atoms with Crippen LogP contribution in [0.5, 0.6) is 11.5 Å². The zero-order valence-corrected chi connectivity index (χ0v) is 25.3. The highest BCUT2D eigenvalue weighted by atomic mass is 127. The van der Waals surface area contributed by atoms with Gasteiger partial charge in [-0.2, -0.15) is 0 Å². The summed E-state index contributed by atoms with van der Waals surface area (Å²) in [5.41, 5.74) is 2.40. The minimum Gasteiger partial charge on any atom is -0.493 e. The molecule has 10 heteroatoms. The molecule has 1 aliphatic carbocycles. The molecule has 3 unspecified atom stereocenters. The van der Waals surface area contributed by atoms with E-state index in [9.17, 15) is 24.6 Å². The fourth-order valence-electron chi connectivity index (χ4n) is 4.88. The first kappa shape index (κ1) is 31.2. The molecule has 0 saturated heterocycles. The van der Waals surface area contributed by atoms with Crippen molar-refractivity contribution in [3.8, 4) is 11.5 Å². The maximum absolute atomic E-state index is 13.9. The van der Waals surface area contributed by atoms with E-state index in [1.54, 1.807) is 17.0 Å². The highest BCUT2D eigenvalue weighted by Gasteiger charge is 2.41. The maximum atomic E-state index is 13.9. The summed E-state index contributed by atoms with van der Waals surface area (Å²) in [7, 11) is 1.44. The monoisotopic (exact) mass is 684 g/mol. The average molecular weight is 685 g/mol. The zero-order chi connectivity index (χ0) is 30.1. The van der Waals surface area contributed by atoms with E-state index in [1.165, 1.54) is 13.2 Å². The van der Waals surface area contributed by atoms with Gasteiger partial charge in [-0.25, -0.2) is 0 Å². The molecular formula is C32H33IN2O7. The number of aliphatic hydroxyl groups excluding tert-OH is 2. The Hall–Kier alpha value is -3.74. The van der Waals surface area contributed by atoms with Crippen molar-refractivity contribution in [1.29, 1.82) is 0 Å². The molecule has 0 fully saturated rings. The fourth-order valence-corrected chi connectivity index (χ4v) is 5.63. The van der Waals surface area contributed by atoms with Gasteiger partial charge in [0.05, 0.1) is 29.7 Å². The van der Waals surface area contributed by atoms with Crippen LogP contribution in [0.25, 0.3) is 0 Å². The smallest absolute Gasteiger partial charge is 0.247 e. The molecule has 3 aromatic carbocycles. The first-order valence-electron chi connectivity index (χ1n) is 13.5. The van der Waals surface area contributed by atoms with Crippen LogP contribution >= 0.6 is 22.6 Å². The number of hydrogen-bond donors (Lipinski definition) is 3. The Kier molecular flexibility index (Phi) is 11.1. The van der Waals surface area contributed by atoms with Crippen LogP contribution in [0.4, 0.5) is 0 Å². The van der Waals surface area contributed by atoms with Crippen LogP contribution in [-0.4, -0.2) is 71.7 Å². The lowest BCUT2D eigenvalue weighted by Gasteiger charge is -2.41. The van der Waals surface area contributed by atoms with Crippen LogP contribution in [-0.2, 0) is 22.6 Å². The largest absolute Gasteiger partial charge is 0.493 e. The van der Waals surface area contributed by atoms with Gasteiger partial charge in [0.1, 0.15) is 18.5 Å². The molecule has 2 amide bonds. The Morgan fingerprint density at radius 3 is 2.36 bits per heavy atom. The van der Waals surface area contributed by atoms with E-state index in [-0.39, 0.29) is 38.4 Å². The summed E-state index contributed by atoms with van der Waals surface area (Å²) in [6.07, 6.45) is 0.170. The van der Waals surface area contributed by atoms with Crippen molar-refractivity contribution in [3.05, 3.63) is 105 Å². The van der Waals surface area contributed by atoms with E-state index in [1.807, 2.05) is 83.3 Å². The molecule has 42 heavy (non-hydrogen) atoms. The number of carbonyl (C=O) groups is 3. The van der Waals surface area contributed by atoms with Gasteiger partial charge in [0.2, 0.25) is 11.8 Å². The summed E-state index contributed by atoms with van der Waals surface area (Å²) in [6, 6.07) is 21.1. The molecule has 3 N–H and O–H groups in total. The van der Waals surface area contributed by atoms with Crippen molar-refractivity contribution < 1.29 is 34.1 Å². The summed E-state index contributed by atoms with van der Waals surface area (Å²) in [4.78, 5) is 40.0. The molecule has 0 bridgehead atoms. The lowest BCUT2D eigenvalue weighted by atomic mass is 9.87. The van der Waals surface area contributed by atoms with E-state index in [4.69, 9.17) is 9.47 Å². The number of methoxy groups -OCH3 is 1. The summed E-state index contributed by atoms with van der Waals surface area (Å²) < 4.78 is 12.3. The van der Waals surface area contributed by atoms with Crippen LogP contribution in [0.1, 0.15) is 27.9 Å². The van der Waals surface area contributed by atoms with Crippen LogP contribution in [0.15, 0.2) is 84.4 Å². The topological polar surface area (TPSA) is 125 Å². The predicted octanol–water partition coefficient (Wildman–Crippen LogP) is 3.30. The van der Waals surface area contributed by atoms with Gasteiger partial charge in [-0.3, -0.25) is 14.4 Å². The number of benzene rings is 3.